The molecule has 35 heavy (non-hydrogen) atoms. The quantitative estimate of drug-likeness (QED) is 0.391. The van der Waals surface area contributed by atoms with Crippen molar-refractivity contribution in [3.8, 4) is 0 Å². The van der Waals surface area contributed by atoms with Crippen LogP contribution < -0.4 is 16.4 Å². The highest BCUT2D eigenvalue weighted by molar-refractivity contribution is 6.37. The van der Waals surface area contributed by atoms with Gasteiger partial charge in [0.25, 0.3) is 11.8 Å². The van der Waals surface area contributed by atoms with E-state index in [-0.39, 0.29) is 23.9 Å². The lowest BCUT2D eigenvalue weighted by atomic mass is 9.99. The molecule has 3 aromatic rings. The summed E-state index contributed by atoms with van der Waals surface area (Å²) in [5.74, 6) is -2.49. The third-order valence-electron chi connectivity index (χ3n) is 5.44. The monoisotopic (exact) mass is 470 g/mol. The summed E-state index contributed by atoms with van der Waals surface area (Å²) in [7, 11) is 1.48. The number of carboxylic acids is 1. The molecular formula is C26H22N4O5. The number of nitrogens with zero attached hydrogens (tertiary/aromatic N) is 1. The summed E-state index contributed by atoms with van der Waals surface area (Å²) in [6, 6.07) is 20.3. The lowest BCUT2D eigenvalue weighted by Crippen LogP contribution is -2.35. The van der Waals surface area contributed by atoms with Crippen LogP contribution in [0.1, 0.15) is 31.8 Å². The minimum atomic E-state index is -1.09. The molecule has 0 saturated heterocycles. The van der Waals surface area contributed by atoms with Gasteiger partial charge in [-0.3, -0.25) is 14.4 Å². The lowest BCUT2D eigenvalue weighted by Gasteiger charge is -2.17. The molecule has 0 saturated carbocycles. The largest absolute Gasteiger partial charge is 0.478 e. The first-order valence-corrected chi connectivity index (χ1v) is 10.6. The Labute approximate surface area is 200 Å². The molecule has 0 unspecified atom stereocenters. The number of amides is 3. The molecule has 1 aliphatic heterocycles. The van der Waals surface area contributed by atoms with Crippen molar-refractivity contribution in [2.75, 3.05) is 24.2 Å². The van der Waals surface area contributed by atoms with E-state index in [0.29, 0.717) is 33.8 Å². The summed E-state index contributed by atoms with van der Waals surface area (Å²) in [4.78, 5) is 49.5. The molecule has 1 aliphatic rings. The first kappa shape index (κ1) is 23.2. The van der Waals surface area contributed by atoms with Gasteiger partial charge in [-0.1, -0.05) is 42.5 Å². The number of hydrogen-bond acceptors (Lipinski definition) is 5. The summed E-state index contributed by atoms with van der Waals surface area (Å²) in [5.41, 5.74) is 8.63. The number of likely N-dealkylation sites (N-methyl/N-ethyl adjacent to an activating group) is 1. The highest BCUT2D eigenvalue weighted by Crippen LogP contribution is 2.38. The SMILES string of the molecule is CN(CC(N)=O)C(=O)c1cccc(N/C(=C2\C(=O)Nc3cc(C(=O)O)ccc32)c2ccccc2)c1. The number of anilines is 2. The third kappa shape index (κ3) is 4.88. The minimum absolute atomic E-state index is 0.0609. The smallest absolute Gasteiger partial charge is 0.335 e. The van der Waals surface area contributed by atoms with Crippen molar-refractivity contribution in [2.24, 2.45) is 5.73 Å². The standard InChI is InChI=1S/C26H22N4O5/c1-30(14-21(27)31)25(33)16-8-5-9-18(12-16)28-23(15-6-3-2-4-7-15)22-19-11-10-17(26(34)35)13-20(19)29-24(22)32/h2-13,28H,14H2,1H3,(H2,27,31)(H,29,32)(H,34,35)/b23-22-. The van der Waals surface area contributed by atoms with Crippen molar-refractivity contribution in [1.82, 2.24) is 4.90 Å². The number of carbonyl (C=O) groups excluding carboxylic acids is 3. The second-order valence-electron chi connectivity index (χ2n) is 7.97. The molecule has 5 N–H and O–H groups in total. The van der Waals surface area contributed by atoms with Crippen molar-refractivity contribution >= 4 is 46.3 Å². The third-order valence-corrected chi connectivity index (χ3v) is 5.44. The average Bonchev–Trinajstić information content (AvgIpc) is 3.17. The lowest BCUT2D eigenvalue weighted by molar-refractivity contribution is -0.118. The van der Waals surface area contributed by atoms with E-state index >= 15 is 0 Å². The molecule has 9 heteroatoms. The number of benzene rings is 3. The average molecular weight is 470 g/mol. The number of nitrogens with two attached hydrogens (primary N) is 1. The summed E-state index contributed by atoms with van der Waals surface area (Å²) < 4.78 is 0. The molecular weight excluding hydrogens is 448 g/mol. The van der Waals surface area contributed by atoms with Crippen LogP contribution in [-0.4, -0.2) is 47.3 Å². The Morgan fingerprint density at radius 1 is 0.943 bits per heavy atom. The van der Waals surface area contributed by atoms with Crippen molar-refractivity contribution in [3.63, 3.8) is 0 Å². The number of rotatable bonds is 7. The summed E-state index contributed by atoms with van der Waals surface area (Å²) in [6.45, 7) is -0.217. The Hall–Kier alpha value is -4.92. The van der Waals surface area contributed by atoms with Crippen LogP contribution in [0.4, 0.5) is 11.4 Å². The van der Waals surface area contributed by atoms with Crippen LogP contribution in [0.3, 0.4) is 0 Å². The molecule has 0 atom stereocenters. The van der Waals surface area contributed by atoms with E-state index in [1.807, 2.05) is 30.3 Å². The molecule has 1 heterocycles. The molecule has 3 amide bonds. The van der Waals surface area contributed by atoms with Gasteiger partial charge in [-0.25, -0.2) is 4.79 Å². The minimum Gasteiger partial charge on any atom is -0.478 e. The highest BCUT2D eigenvalue weighted by Gasteiger charge is 2.29. The molecule has 0 aliphatic carbocycles. The Balaban J connectivity index is 1.78. The van der Waals surface area contributed by atoms with E-state index in [4.69, 9.17) is 5.73 Å². The number of carbonyl (C=O) groups is 4. The zero-order valence-corrected chi connectivity index (χ0v) is 18.7. The summed E-state index contributed by atoms with van der Waals surface area (Å²) in [6.07, 6.45) is 0. The second kappa shape index (κ2) is 9.52. The predicted molar refractivity (Wildman–Crippen MR) is 132 cm³/mol. The van der Waals surface area contributed by atoms with Gasteiger partial charge in [-0.2, -0.15) is 0 Å². The van der Waals surface area contributed by atoms with Crippen molar-refractivity contribution in [3.05, 3.63) is 95.1 Å². The predicted octanol–water partition coefficient (Wildman–Crippen LogP) is 2.87. The molecule has 9 nitrogen and oxygen atoms in total. The Morgan fingerprint density at radius 2 is 1.66 bits per heavy atom. The van der Waals surface area contributed by atoms with Gasteiger partial charge in [0.1, 0.15) is 0 Å². The Morgan fingerprint density at radius 3 is 2.34 bits per heavy atom. The van der Waals surface area contributed by atoms with Crippen LogP contribution >= 0.6 is 0 Å². The van der Waals surface area contributed by atoms with Crippen molar-refractivity contribution < 1.29 is 24.3 Å². The fraction of sp³-hybridized carbons (Fsp3) is 0.0769. The number of carboxylic acid groups (broad SMARTS) is 1. The number of fused-ring (bicyclic) bond motifs is 1. The topological polar surface area (TPSA) is 142 Å². The molecule has 3 aromatic carbocycles. The summed E-state index contributed by atoms with van der Waals surface area (Å²) in [5, 5.41) is 15.3. The van der Waals surface area contributed by atoms with E-state index in [1.54, 1.807) is 30.3 Å². The van der Waals surface area contributed by atoms with Gasteiger partial charge >= 0.3 is 5.97 Å². The van der Waals surface area contributed by atoms with Gasteiger partial charge in [0.2, 0.25) is 5.91 Å². The Bertz CT molecular complexity index is 1380. The fourth-order valence-corrected chi connectivity index (χ4v) is 3.84. The molecule has 0 radical (unpaired) electrons. The number of hydrogen-bond donors (Lipinski definition) is 4. The van der Waals surface area contributed by atoms with Crippen LogP contribution in [0.2, 0.25) is 0 Å². The van der Waals surface area contributed by atoms with E-state index in [1.165, 1.54) is 24.1 Å². The summed E-state index contributed by atoms with van der Waals surface area (Å²) >= 11 is 0. The van der Waals surface area contributed by atoms with Crippen LogP contribution in [0.25, 0.3) is 11.3 Å². The molecule has 0 fully saturated rings. The van der Waals surface area contributed by atoms with Gasteiger partial charge in [0.15, 0.2) is 0 Å². The van der Waals surface area contributed by atoms with Crippen molar-refractivity contribution in [2.45, 2.75) is 0 Å². The fourth-order valence-electron chi connectivity index (χ4n) is 3.84. The van der Waals surface area contributed by atoms with Gasteiger partial charge in [-0.05, 0) is 35.9 Å². The zero-order chi connectivity index (χ0) is 25.1. The maximum atomic E-state index is 13.0. The normalized spacial score (nSPS) is 13.5. The van der Waals surface area contributed by atoms with Gasteiger partial charge < -0.3 is 26.4 Å². The molecule has 4 rings (SSSR count). The van der Waals surface area contributed by atoms with Crippen LogP contribution in [0.15, 0.2) is 72.8 Å². The number of nitrogens with one attached hydrogen (secondary N) is 2. The second-order valence-corrected chi connectivity index (χ2v) is 7.97. The zero-order valence-electron chi connectivity index (χ0n) is 18.7. The highest BCUT2D eigenvalue weighted by atomic mass is 16.4. The first-order valence-electron chi connectivity index (χ1n) is 10.6. The van der Waals surface area contributed by atoms with E-state index in [2.05, 4.69) is 10.6 Å². The maximum Gasteiger partial charge on any atom is 0.335 e. The van der Waals surface area contributed by atoms with Crippen LogP contribution in [0.5, 0.6) is 0 Å². The van der Waals surface area contributed by atoms with Crippen molar-refractivity contribution in [1.29, 1.82) is 0 Å². The van der Waals surface area contributed by atoms with Crippen LogP contribution in [0, 0.1) is 0 Å². The van der Waals surface area contributed by atoms with Crippen LogP contribution in [-0.2, 0) is 9.59 Å². The van der Waals surface area contributed by atoms with Gasteiger partial charge in [-0.15, -0.1) is 0 Å². The maximum absolute atomic E-state index is 13.0. The van der Waals surface area contributed by atoms with Gasteiger partial charge in [0.05, 0.1) is 29.1 Å². The number of aromatic carboxylic acids is 1. The van der Waals surface area contributed by atoms with E-state index < -0.39 is 11.9 Å². The Kier molecular flexibility index (Phi) is 6.32. The molecule has 0 spiro atoms. The van der Waals surface area contributed by atoms with Gasteiger partial charge in [0, 0.05) is 23.9 Å². The van der Waals surface area contributed by atoms with E-state index in [0.717, 1.165) is 5.56 Å². The molecule has 0 bridgehead atoms. The van der Waals surface area contributed by atoms with E-state index in [9.17, 15) is 24.3 Å². The first-order chi connectivity index (χ1) is 16.7. The molecule has 0 aromatic heterocycles. The number of primary amides is 1. The molecule has 176 valence electrons.